The maximum absolute atomic E-state index is 5.67. The quantitative estimate of drug-likeness (QED) is 0.848. The smallest absolute Gasteiger partial charge is 0.108 e. The fraction of sp³-hybridized carbons (Fsp3) is 0.769. The first kappa shape index (κ1) is 11.6. The van der Waals surface area contributed by atoms with Crippen molar-refractivity contribution in [2.45, 2.75) is 57.9 Å². The number of aryl methyl sites for hydroxylation is 1. The van der Waals surface area contributed by atoms with Gasteiger partial charge in [0.25, 0.3) is 0 Å². The van der Waals surface area contributed by atoms with E-state index in [4.69, 9.17) is 5.73 Å². The van der Waals surface area contributed by atoms with Crippen molar-refractivity contribution in [3.05, 3.63) is 17.7 Å². The van der Waals surface area contributed by atoms with Crippen molar-refractivity contribution in [1.82, 2.24) is 9.55 Å². The second-order valence-electron chi connectivity index (χ2n) is 4.72. The van der Waals surface area contributed by atoms with E-state index in [1.165, 1.54) is 43.6 Å². The number of hydrogen-bond donors (Lipinski definition) is 1. The Labute approximate surface area is 98.1 Å². The molecule has 90 valence electrons. The summed E-state index contributed by atoms with van der Waals surface area (Å²) in [5.41, 5.74) is 7.01. The van der Waals surface area contributed by atoms with Crippen LogP contribution in [0.2, 0.25) is 0 Å². The van der Waals surface area contributed by atoms with Crippen LogP contribution in [0.25, 0.3) is 0 Å². The Morgan fingerprint density at radius 1 is 1.38 bits per heavy atom. The molecule has 1 aromatic heterocycles. The Morgan fingerprint density at radius 3 is 2.75 bits per heavy atom. The van der Waals surface area contributed by atoms with Gasteiger partial charge in [-0.15, -0.1) is 0 Å². The van der Waals surface area contributed by atoms with E-state index in [-0.39, 0.29) is 0 Å². The Kier molecular flexibility index (Phi) is 3.99. The molecule has 1 heterocycles. The lowest BCUT2D eigenvalue weighted by atomic mass is 9.95. The summed E-state index contributed by atoms with van der Waals surface area (Å²) >= 11 is 0. The molecule has 1 aromatic rings. The molecular weight excluding hydrogens is 198 g/mol. The molecule has 1 aliphatic carbocycles. The third kappa shape index (κ3) is 2.29. The molecule has 2 N–H and O–H groups in total. The van der Waals surface area contributed by atoms with E-state index in [2.05, 4.69) is 16.5 Å². The van der Waals surface area contributed by atoms with Crippen molar-refractivity contribution >= 4 is 0 Å². The summed E-state index contributed by atoms with van der Waals surface area (Å²) in [5, 5.41) is 0. The molecule has 1 aliphatic rings. The largest absolute Gasteiger partial charge is 0.330 e. The van der Waals surface area contributed by atoms with Crippen molar-refractivity contribution < 1.29 is 0 Å². The van der Waals surface area contributed by atoms with Crippen LogP contribution < -0.4 is 5.73 Å². The van der Waals surface area contributed by atoms with Crippen molar-refractivity contribution in [1.29, 1.82) is 0 Å². The minimum Gasteiger partial charge on any atom is -0.330 e. The minimum absolute atomic E-state index is 0.688. The molecule has 0 amide bonds. The first-order valence-corrected chi connectivity index (χ1v) is 6.61. The lowest BCUT2D eigenvalue weighted by Crippen LogP contribution is -2.19. The van der Waals surface area contributed by atoms with E-state index >= 15 is 0 Å². The van der Waals surface area contributed by atoms with Crippen LogP contribution in [0.5, 0.6) is 0 Å². The molecule has 3 heteroatoms. The molecule has 0 radical (unpaired) electrons. The highest BCUT2D eigenvalue weighted by Crippen LogP contribution is 2.30. The molecule has 0 unspecified atom stereocenters. The summed E-state index contributed by atoms with van der Waals surface area (Å²) < 4.78 is 2.48. The Bertz CT molecular complexity index is 324. The van der Waals surface area contributed by atoms with E-state index < -0.39 is 0 Å². The summed E-state index contributed by atoms with van der Waals surface area (Å²) in [6.07, 6.45) is 10.8. The molecular formula is C13H23N3. The molecule has 0 aromatic carbocycles. The third-order valence-electron chi connectivity index (χ3n) is 3.61. The summed E-state index contributed by atoms with van der Waals surface area (Å²) in [5.74, 6) is 1.25. The Hall–Kier alpha value is -0.830. The van der Waals surface area contributed by atoms with Gasteiger partial charge < -0.3 is 10.3 Å². The maximum atomic E-state index is 5.67. The van der Waals surface area contributed by atoms with Crippen LogP contribution in [-0.4, -0.2) is 16.1 Å². The lowest BCUT2D eigenvalue weighted by molar-refractivity contribution is 0.339. The average molecular weight is 221 g/mol. The van der Waals surface area contributed by atoms with Gasteiger partial charge in [-0.25, -0.2) is 4.98 Å². The zero-order chi connectivity index (χ0) is 11.4. The van der Waals surface area contributed by atoms with Gasteiger partial charge >= 0.3 is 0 Å². The van der Waals surface area contributed by atoms with Crippen LogP contribution in [-0.2, 0) is 12.8 Å². The number of hydrogen-bond acceptors (Lipinski definition) is 2. The minimum atomic E-state index is 0.688. The fourth-order valence-electron chi connectivity index (χ4n) is 2.82. The van der Waals surface area contributed by atoms with Gasteiger partial charge in [0.05, 0.1) is 0 Å². The van der Waals surface area contributed by atoms with Crippen LogP contribution >= 0.6 is 0 Å². The molecule has 0 spiro atoms. The SMILES string of the molecule is CCc1ncc(CCN)n1C1CCCCC1. The standard InChI is InChI=1S/C13H23N3/c1-2-13-15-10-12(8-9-14)16(13)11-6-4-3-5-7-11/h10-11H,2-9,14H2,1H3. The Balaban J connectivity index is 2.23. The molecule has 3 nitrogen and oxygen atoms in total. The van der Waals surface area contributed by atoms with Crippen LogP contribution in [0.1, 0.15) is 56.6 Å². The molecule has 0 aliphatic heterocycles. The van der Waals surface area contributed by atoms with Crippen molar-refractivity contribution in [2.24, 2.45) is 5.73 Å². The molecule has 2 rings (SSSR count). The van der Waals surface area contributed by atoms with Gasteiger partial charge in [0.15, 0.2) is 0 Å². The van der Waals surface area contributed by atoms with Gasteiger partial charge in [-0.3, -0.25) is 0 Å². The lowest BCUT2D eigenvalue weighted by Gasteiger charge is -2.26. The van der Waals surface area contributed by atoms with Gasteiger partial charge in [0.1, 0.15) is 5.82 Å². The number of aromatic nitrogens is 2. The van der Waals surface area contributed by atoms with E-state index in [1.54, 1.807) is 0 Å². The number of nitrogens with two attached hydrogens (primary N) is 1. The number of imidazole rings is 1. The first-order chi connectivity index (χ1) is 7.86. The molecule has 0 bridgehead atoms. The van der Waals surface area contributed by atoms with Crippen LogP contribution in [0.15, 0.2) is 6.20 Å². The van der Waals surface area contributed by atoms with Gasteiger partial charge in [-0.2, -0.15) is 0 Å². The summed E-state index contributed by atoms with van der Waals surface area (Å²) in [6.45, 7) is 2.91. The first-order valence-electron chi connectivity index (χ1n) is 6.61. The highest BCUT2D eigenvalue weighted by Gasteiger charge is 2.20. The molecule has 16 heavy (non-hydrogen) atoms. The zero-order valence-electron chi connectivity index (χ0n) is 10.3. The second-order valence-corrected chi connectivity index (χ2v) is 4.72. The second kappa shape index (κ2) is 5.48. The average Bonchev–Trinajstić information content (AvgIpc) is 2.74. The molecule has 1 fully saturated rings. The van der Waals surface area contributed by atoms with Gasteiger partial charge in [0, 0.05) is 30.8 Å². The van der Waals surface area contributed by atoms with Gasteiger partial charge in [0.2, 0.25) is 0 Å². The van der Waals surface area contributed by atoms with Crippen LogP contribution in [0, 0.1) is 0 Å². The predicted octanol–water partition coefficient (Wildman–Crippen LogP) is 2.45. The van der Waals surface area contributed by atoms with E-state index in [0.717, 1.165) is 19.4 Å². The van der Waals surface area contributed by atoms with E-state index in [1.807, 2.05) is 6.20 Å². The maximum Gasteiger partial charge on any atom is 0.108 e. The molecule has 1 saturated carbocycles. The van der Waals surface area contributed by atoms with Crippen molar-refractivity contribution in [3.63, 3.8) is 0 Å². The Morgan fingerprint density at radius 2 is 2.12 bits per heavy atom. The third-order valence-corrected chi connectivity index (χ3v) is 3.61. The summed E-state index contributed by atoms with van der Waals surface area (Å²) in [6, 6.07) is 0.688. The summed E-state index contributed by atoms with van der Waals surface area (Å²) in [4.78, 5) is 4.54. The molecule has 0 atom stereocenters. The zero-order valence-corrected chi connectivity index (χ0v) is 10.3. The number of nitrogens with zero attached hydrogens (tertiary/aromatic N) is 2. The predicted molar refractivity (Wildman–Crippen MR) is 66.5 cm³/mol. The number of rotatable bonds is 4. The molecule has 0 saturated heterocycles. The van der Waals surface area contributed by atoms with E-state index in [9.17, 15) is 0 Å². The highest BCUT2D eigenvalue weighted by atomic mass is 15.1. The van der Waals surface area contributed by atoms with Crippen molar-refractivity contribution in [3.8, 4) is 0 Å². The fourth-order valence-corrected chi connectivity index (χ4v) is 2.82. The van der Waals surface area contributed by atoms with Gasteiger partial charge in [-0.1, -0.05) is 26.2 Å². The van der Waals surface area contributed by atoms with Crippen LogP contribution in [0.3, 0.4) is 0 Å². The summed E-state index contributed by atoms with van der Waals surface area (Å²) in [7, 11) is 0. The van der Waals surface area contributed by atoms with E-state index in [0.29, 0.717) is 6.04 Å². The van der Waals surface area contributed by atoms with Crippen molar-refractivity contribution in [2.75, 3.05) is 6.54 Å². The normalized spacial score (nSPS) is 17.9. The topological polar surface area (TPSA) is 43.8 Å². The highest BCUT2D eigenvalue weighted by molar-refractivity contribution is 5.08. The van der Waals surface area contributed by atoms with Gasteiger partial charge in [-0.05, 0) is 19.4 Å². The monoisotopic (exact) mass is 221 g/mol. The van der Waals surface area contributed by atoms with Crippen LogP contribution in [0.4, 0.5) is 0 Å².